The number of hydrogen-bond acceptors (Lipinski definition) is 6. The maximum atomic E-state index is 12.2. The van der Waals surface area contributed by atoms with E-state index in [0.717, 1.165) is 10.0 Å². The Morgan fingerprint density at radius 2 is 1.87 bits per heavy atom. The lowest BCUT2D eigenvalue weighted by Crippen LogP contribution is -2.30. The Hall–Kier alpha value is -3.31. The van der Waals surface area contributed by atoms with Gasteiger partial charge in [0.1, 0.15) is 17.4 Å². The third-order valence-electron chi connectivity index (χ3n) is 3.94. The molecule has 1 N–H and O–H groups in total. The van der Waals surface area contributed by atoms with Crippen molar-refractivity contribution >= 4 is 33.9 Å². The molecule has 1 amide bonds. The summed E-state index contributed by atoms with van der Waals surface area (Å²) in [4.78, 5) is 24.3. The summed E-state index contributed by atoms with van der Waals surface area (Å²) in [7, 11) is 1.43. The molecule has 0 atom stereocenters. The van der Waals surface area contributed by atoms with E-state index in [1.165, 1.54) is 19.3 Å². The van der Waals surface area contributed by atoms with Gasteiger partial charge >= 0.3 is 5.97 Å². The van der Waals surface area contributed by atoms with Gasteiger partial charge in [-0.3, -0.25) is 4.79 Å². The molecule has 0 aliphatic rings. The summed E-state index contributed by atoms with van der Waals surface area (Å²) in [6, 6.07) is 12.0. The van der Waals surface area contributed by atoms with Crippen LogP contribution >= 0.6 is 15.9 Å². The van der Waals surface area contributed by atoms with Gasteiger partial charge in [-0.05, 0) is 78.2 Å². The number of halogens is 1. The van der Waals surface area contributed by atoms with Crippen LogP contribution in [0.3, 0.4) is 0 Å². The van der Waals surface area contributed by atoms with Gasteiger partial charge < -0.3 is 19.5 Å². The lowest BCUT2D eigenvalue weighted by Gasteiger charge is -2.12. The van der Waals surface area contributed by atoms with Crippen LogP contribution < -0.4 is 19.5 Å². The number of nitriles is 1. The van der Waals surface area contributed by atoms with Gasteiger partial charge in [-0.25, -0.2) is 4.79 Å². The zero-order chi connectivity index (χ0) is 23.0. The molecule has 2 aromatic rings. The van der Waals surface area contributed by atoms with Gasteiger partial charge in [-0.15, -0.1) is 0 Å². The minimum absolute atomic E-state index is 0.0439. The van der Waals surface area contributed by atoms with Gasteiger partial charge in [0, 0.05) is 6.04 Å². The van der Waals surface area contributed by atoms with Crippen molar-refractivity contribution in [2.45, 2.75) is 26.8 Å². The van der Waals surface area contributed by atoms with E-state index in [9.17, 15) is 14.9 Å². The molecule has 0 unspecified atom stereocenters. The van der Waals surface area contributed by atoms with Crippen LogP contribution in [0, 0.1) is 18.3 Å². The molecule has 31 heavy (non-hydrogen) atoms. The summed E-state index contributed by atoms with van der Waals surface area (Å²) in [5.74, 6) is -0.0743. The predicted octanol–water partition coefficient (Wildman–Crippen LogP) is 4.18. The molecule has 0 aromatic heterocycles. The van der Waals surface area contributed by atoms with Gasteiger partial charge in [-0.2, -0.15) is 5.26 Å². The molecule has 2 rings (SSSR count). The van der Waals surface area contributed by atoms with E-state index in [1.54, 1.807) is 32.0 Å². The zero-order valence-corrected chi connectivity index (χ0v) is 19.3. The van der Waals surface area contributed by atoms with Crippen LogP contribution in [0.2, 0.25) is 0 Å². The molecule has 0 fully saturated rings. The SMILES string of the molecule is COc1cc(/C=C(\C#N)C(=O)NC(C)C)ccc1OC(=O)COc1ccc(C)cc1Br. The lowest BCUT2D eigenvalue weighted by atomic mass is 10.1. The Morgan fingerprint density at radius 3 is 2.48 bits per heavy atom. The second kappa shape index (κ2) is 11.2. The number of hydrogen-bond donors (Lipinski definition) is 1. The first-order valence-electron chi connectivity index (χ1n) is 9.43. The van der Waals surface area contributed by atoms with Crippen molar-refractivity contribution in [3.8, 4) is 23.3 Å². The summed E-state index contributed by atoms with van der Waals surface area (Å²) >= 11 is 3.39. The second-order valence-electron chi connectivity index (χ2n) is 6.90. The molecular weight excluding hydrogens is 464 g/mol. The van der Waals surface area contributed by atoms with Crippen LogP contribution in [0.1, 0.15) is 25.0 Å². The van der Waals surface area contributed by atoms with E-state index in [2.05, 4.69) is 21.2 Å². The van der Waals surface area contributed by atoms with E-state index in [0.29, 0.717) is 11.3 Å². The number of nitrogens with zero attached hydrogens (tertiary/aromatic N) is 1. The molecule has 7 nitrogen and oxygen atoms in total. The average molecular weight is 487 g/mol. The van der Waals surface area contributed by atoms with Crippen LogP contribution in [-0.4, -0.2) is 31.6 Å². The topological polar surface area (TPSA) is 97.6 Å². The van der Waals surface area contributed by atoms with E-state index in [-0.39, 0.29) is 29.7 Å². The molecule has 0 heterocycles. The predicted molar refractivity (Wildman–Crippen MR) is 120 cm³/mol. The van der Waals surface area contributed by atoms with Crippen LogP contribution in [0.4, 0.5) is 0 Å². The van der Waals surface area contributed by atoms with E-state index in [1.807, 2.05) is 25.1 Å². The highest BCUT2D eigenvalue weighted by Gasteiger charge is 2.14. The molecule has 0 saturated carbocycles. The average Bonchev–Trinajstić information content (AvgIpc) is 2.71. The van der Waals surface area contributed by atoms with Crippen LogP contribution in [0.5, 0.6) is 17.2 Å². The molecular formula is C23H23BrN2O5. The zero-order valence-electron chi connectivity index (χ0n) is 17.7. The number of methoxy groups -OCH3 is 1. The molecule has 0 spiro atoms. The highest BCUT2D eigenvalue weighted by atomic mass is 79.9. The number of aryl methyl sites for hydroxylation is 1. The minimum atomic E-state index is -0.608. The van der Waals surface area contributed by atoms with Crippen LogP contribution in [0.25, 0.3) is 6.08 Å². The van der Waals surface area contributed by atoms with Crippen LogP contribution in [-0.2, 0) is 9.59 Å². The Labute approximate surface area is 189 Å². The normalized spacial score (nSPS) is 10.9. The minimum Gasteiger partial charge on any atom is -0.493 e. The Bertz CT molecular complexity index is 1040. The molecule has 0 saturated heterocycles. The third kappa shape index (κ3) is 7.15. The second-order valence-corrected chi connectivity index (χ2v) is 7.76. The summed E-state index contributed by atoms with van der Waals surface area (Å²) in [6.45, 7) is 5.27. The fourth-order valence-electron chi connectivity index (χ4n) is 2.53. The van der Waals surface area contributed by atoms with Gasteiger partial charge in [0.2, 0.25) is 0 Å². The largest absolute Gasteiger partial charge is 0.493 e. The van der Waals surface area contributed by atoms with Crippen molar-refractivity contribution in [2.24, 2.45) is 0 Å². The fraction of sp³-hybridized carbons (Fsp3) is 0.261. The number of ether oxygens (including phenoxy) is 3. The van der Waals surface area contributed by atoms with Crippen molar-refractivity contribution in [1.82, 2.24) is 5.32 Å². The van der Waals surface area contributed by atoms with Gasteiger partial charge in [0.05, 0.1) is 11.6 Å². The Morgan fingerprint density at radius 1 is 1.16 bits per heavy atom. The number of amides is 1. The van der Waals surface area contributed by atoms with E-state index < -0.39 is 11.9 Å². The first-order valence-corrected chi connectivity index (χ1v) is 10.2. The molecule has 2 aromatic carbocycles. The maximum absolute atomic E-state index is 12.2. The molecule has 0 aliphatic heterocycles. The van der Waals surface area contributed by atoms with Gasteiger partial charge in [0.25, 0.3) is 5.91 Å². The Balaban J connectivity index is 2.10. The van der Waals surface area contributed by atoms with Gasteiger partial charge in [0.15, 0.2) is 18.1 Å². The van der Waals surface area contributed by atoms with Crippen molar-refractivity contribution < 1.29 is 23.8 Å². The summed E-state index contributed by atoms with van der Waals surface area (Å²) in [5.41, 5.74) is 1.56. The van der Waals surface area contributed by atoms with Crippen molar-refractivity contribution in [1.29, 1.82) is 5.26 Å². The summed E-state index contributed by atoms with van der Waals surface area (Å²) < 4.78 is 16.9. The fourth-order valence-corrected chi connectivity index (χ4v) is 3.13. The maximum Gasteiger partial charge on any atom is 0.349 e. The van der Waals surface area contributed by atoms with Gasteiger partial charge in [-0.1, -0.05) is 12.1 Å². The standard InChI is InChI=1S/C23H23BrN2O5/c1-14(2)26-23(28)17(12-25)10-16-6-8-20(21(11-16)29-4)31-22(27)13-30-19-7-5-15(3)9-18(19)24/h5-11,14H,13H2,1-4H3,(H,26,28)/b17-10+. The molecule has 162 valence electrons. The molecule has 8 heteroatoms. The molecule has 0 radical (unpaired) electrons. The highest BCUT2D eigenvalue weighted by molar-refractivity contribution is 9.10. The monoisotopic (exact) mass is 486 g/mol. The van der Waals surface area contributed by atoms with Crippen LogP contribution in [0.15, 0.2) is 46.4 Å². The first kappa shape index (κ1) is 24.0. The number of esters is 1. The summed E-state index contributed by atoms with van der Waals surface area (Å²) in [5, 5.41) is 11.9. The third-order valence-corrected chi connectivity index (χ3v) is 4.56. The highest BCUT2D eigenvalue weighted by Crippen LogP contribution is 2.30. The number of carbonyl (C=O) groups excluding carboxylic acids is 2. The molecule has 0 aliphatic carbocycles. The smallest absolute Gasteiger partial charge is 0.349 e. The first-order chi connectivity index (χ1) is 14.7. The molecule has 0 bridgehead atoms. The quantitative estimate of drug-likeness (QED) is 0.260. The van der Waals surface area contributed by atoms with Crippen molar-refractivity contribution in [3.63, 3.8) is 0 Å². The van der Waals surface area contributed by atoms with Crippen molar-refractivity contribution in [3.05, 3.63) is 57.6 Å². The number of nitrogens with one attached hydrogen (secondary N) is 1. The number of carbonyl (C=O) groups is 2. The number of benzene rings is 2. The number of rotatable bonds is 8. The Kier molecular flexibility index (Phi) is 8.64. The van der Waals surface area contributed by atoms with Crippen molar-refractivity contribution in [2.75, 3.05) is 13.7 Å². The summed E-state index contributed by atoms with van der Waals surface area (Å²) in [6.07, 6.45) is 1.43. The lowest BCUT2D eigenvalue weighted by molar-refractivity contribution is -0.136. The van der Waals surface area contributed by atoms with E-state index in [4.69, 9.17) is 14.2 Å². The van der Waals surface area contributed by atoms with E-state index >= 15 is 0 Å².